The third-order valence-corrected chi connectivity index (χ3v) is 7.42. The fourth-order valence-electron chi connectivity index (χ4n) is 3.17. The van der Waals surface area contributed by atoms with Crippen molar-refractivity contribution in [2.45, 2.75) is 28.6 Å². The van der Waals surface area contributed by atoms with E-state index < -0.39 is 34.1 Å². The van der Waals surface area contributed by atoms with E-state index in [0.29, 0.717) is 0 Å². The van der Waals surface area contributed by atoms with Crippen molar-refractivity contribution in [2.75, 3.05) is 11.8 Å². The molecule has 0 saturated carbocycles. The largest absolute Gasteiger partial charge is 0.480 e. The van der Waals surface area contributed by atoms with Gasteiger partial charge in [-0.2, -0.15) is 0 Å². The number of rotatable bonds is 6. The highest BCUT2D eigenvalue weighted by Crippen LogP contribution is 2.52. The molecule has 6 nitrogen and oxygen atoms in total. The van der Waals surface area contributed by atoms with Crippen molar-refractivity contribution in [3.05, 3.63) is 35.9 Å². The van der Waals surface area contributed by atoms with Gasteiger partial charge in [0.2, 0.25) is 11.8 Å². The number of nitrogens with one attached hydrogen (secondary N) is 1. The summed E-state index contributed by atoms with van der Waals surface area (Å²) >= 11 is 13.2. The summed E-state index contributed by atoms with van der Waals surface area (Å²) < 4.78 is -0.964. The fraction of sp³-hybridized carbons (Fsp3) is 0.438. The number of fused-ring (bicyclic) bond motifs is 1. The summed E-state index contributed by atoms with van der Waals surface area (Å²) in [6, 6.07) is 7.32. The predicted molar refractivity (Wildman–Crippen MR) is 95.9 cm³/mol. The fourth-order valence-corrected chi connectivity index (χ4v) is 5.74. The topological polar surface area (TPSA) is 86.7 Å². The number of benzene rings is 1. The Kier molecular flexibility index (Phi) is 5.18. The van der Waals surface area contributed by atoms with Gasteiger partial charge in [-0.3, -0.25) is 9.59 Å². The molecular weight excluding hydrogens is 387 g/mol. The molecule has 2 heterocycles. The zero-order valence-corrected chi connectivity index (χ0v) is 15.4. The van der Waals surface area contributed by atoms with Gasteiger partial charge in [0, 0.05) is 11.8 Å². The van der Waals surface area contributed by atoms with Crippen LogP contribution >= 0.6 is 35.0 Å². The number of alkyl halides is 2. The molecule has 0 spiro atoms. The molecular formula is C16H16Cl2N2O4S. The predicted octanol–water partition coefficient (Wildman–Crippen LogP) is 1.30. The summed E-state index contributed by atoms with van der Waals surface area (Å²) in [6.07, 6.45) is 0.153. The molecule has 134 valence electrons. The van der Waals surface area contributed by atoms with Crippen molar-refractivity contribution in [2.24, 2.45) is 0 Å². The molecule has 0 bridgehead atoms. The second-order valence-electron chi connectivity index (χ2n) is 6.03. The van der Waals surface area contributed by atoms with Gasteiger partial charge in [-0.15, -0.1) is 35.0 Å². The van der Waals surface area contributed by atoms with Crippen LogP contribution in [-0.4, -0.2) is 61.8 Å². The van der Waals surface area contributed by atoms with Crippen molar-refractivity contribution >= 4 is 52.7 Å². The van der Waals surface area contributed by atoms with Crippen LogP contribution in [0, 0.1) is 0 Å². The van der Waals surface area contributed by atoms with Crippen LogP contribution in [0.15, 0.2) is 30.3 Å². The molecule has 3 atom stereocenters. The number of hydrogen-bond donors (Lipinski definition) is 2. The van der Waals surface area contributed by atoms with Gasteiger partial charge in [0.15, 0.2) is 0 Å². The number of aliphatic carboxylic acids is 1. The van der Waals surface area contributed by atoms with Crippen LogP contribution in [0.25, 0.3) is 0 Å². The van der Waals surface area contributed by atoms with Gasteiger partial charge in [0.25, 0.3) is 0 Å². The van der Waals surface area contributed by atoms with Gasteiger partial charge in [0.1, 0.15) is 17.5 Å². The minimum Gasteiger partial charge on any atom is -0.480 e. The van der Waals surface area contributed by atoms with Crippen molar-refractivity contribution in [1.82, 2.24) is 10.2 Å². The molecule has 2 fully saturated rings. The lowest BCUT2D eigenvalue weighted by atomic mass is 9.95. The van der Waals surface area contributed by atoms with E-state index in [0.717, 1.165) is 5.56 Å². The van der Waals surface area contributed by atoms with Crippen LogP contribution in [0.3, 0.4) is 0 Å². The number of nitrogens with zero attached hydrogens (tertiary/aromatic N) is 1. The second-order valence-corrected chi connectivity index (χ2v) is 8.10. The Morgan fingerprint density at radius 1 is 1.24 bits per heavy atom. The number of carbonyl (C=O) groups is 3. The molecule has 9 heteroatoms. The van der Waals surface area contributed by atoms with Crippen molar-refractivity contribution in [3.63, 3.8) is 0 Å². The van der Waals surface area contributed by atoms with Crippen LogP contribution in [0.4, 0.5) is 0 Å². The summed E-state index contributed by atoms with van der Waals surface area (Å²) in [5.74, 6) is -1.83. The summed E-state index contributed by atoms with van der Waals surface area (Å²) in [6.45, 7) is 0. The van der Waals surface area contributed by atoms with E-state index in [2.05, 4.69) is 5.32 Å². The monoisotopic (exact) mass is 402 g/mol. The smallest absolute Gasteiger partial charge is 0.328 e. The summed E-state index contributed by atoms with van der Waals surface area (Å²) in [4.78, 5) is 37.5. The highest BCUT2D eigenvalue weighted by atomic mass is 35.5. The number of carboxylic acids is 1. The van der Waals surface area contributed by atoms with Crippen molar-refractivity contribution in [3.8, 4) is 0 Å². The molecule has 1 aromatic carbocycles. The zero-order valence-electron chi connectivity index (χ0n) is 13.0. The molecule has 2 aliphatic rings. The Bertz CT molecular complexity index is 699. The Labute approximate surface area is 158 Å². The van der Waals surface area contributed by atoms with Crippen LogP contribution in [0.1, 0.15) is 5.56 Å². The number of halogens is 2. The number of hydrogen-bond acceptors (Lipinski definition) is 4. The van der Waals surface area contributed by atoms with E-state index in [1.165, 1.54) is 16.7 Å². The first-order valence-corrected chi connectivity index (χ1v) is 9.56. The number of β-lactam (4-membered cyclic amide) rings is 1. The van der Waals surface area contributed by atoms with E-state index in [1.54, 1.807) is 0 Å². The molecule has 0 radical (unpaired) electrons. The van der Waals surface area contributed by atoms with E-state index in [-0.39, 0.29) is 24.1 Å². The first-order chi connectivity index (χ1) is 11.9. The van der Waals surface area contributed by atoms with Crippen LogP contribution in [0.2, 0.25) is 0 Å². The summed E-state index contributed by atoms with van der Waals surface area (Å²) in [5.41, 5.74) is 0.835. The molecule has 0 aromatic heterocycles. The van der Waals surface area contributed by atoms with Gasteiger partial charge in [-0.25, -0.2) is 4.79 Å². The number of amides is 2. The van der Waals surface area contributed by atoms with E-state index in [4.69, 9.17) is 23.2 Å². The highest BCUT2D eigenvalue weighted by Gasteiger charge is 2.66. The number of thioether (sulfide) groups is 1. The minimum absolute atomic E-state index is 0.00307. The molecule has 2 saturated heterocycles. The maximum absolute atomic E-state index is 12.4. The molecule has 2 aliphatic heterocycles. The van der Waals surface area contributed by atoms with Crippen molar-refractivity contribution < 1.29 is 19.5 Å². The number of carboxylic acid groups (broad SMARTS) is 1. The molecule has 2 amide bonds. The lowest BCUT2D eigenvalue weighted by Gasteiger charge is -2.43. The first kappa shape index (κ1) is 18.4. The molecule has 1 aromatic rings. The van der Waals surface area contributed by atoms with Gasteiger partial charge in [-0.1, -0.05) is 30.3 Å². The third kappa shape index (κ3) is 3.09. The average Bonchev–Trinajstić information content (AvgIpc) is 2.93. The number of carbonyl (C=O) groups excluding carboxylic acids is 2. The SMILES string of the molecule is O=C(Cc1ccccc1)NC1C(=O)N2C1SC(CCl)(CCl)C2C(=O)O. The maximum Gasteiger partial charge on any atom is 0.328 e. The van der Waals surface area contributed by atoms with Crippen LogP contribution in [-0.2, 0) is 20.8 Å². The molecule has 0 aliphatic carbocycles. The van der Waals surface area contributed by atoms with Crippen LogP contribution in [0.5, 0.6) is 0 Å². The Morgan fingerprint density at radius 3 is 2.44 bits per heavy atom. The van der Waals surface area contributed by atoms with E-state index in [1.807, 2.05) is 30.3 Å². The van der Waals surface area contributed by atoms with Gasteiger partial charge in [0.05, 0.1) is 11.2 Å². The Balaban J connectivity index is 1.71. The lowest BCUT2D eigenvalue weighted by Crippen LogP contribution is -2.71. The zero-order chi connectivity index (χ0) is 18.2. The second kappa shape index (κ2) is 7.05. The first-order valence-electron chi connectivity index (χ1n) is 7.61. The molecule has 2 N–H and O–H groups in total. The van der Waals surface area contributed by atoms with Crippen LogP contribution < -0.4 is 5.32 Å². The quantitative estimate of drug-likeness (QED) is 0.553. The van der Waals surface area contributed by atoms with Gasteiger partial charge >= 0.3 is 5.97 Å². The Hall–Kier alpha value is -1.44. The summed E-state index contributed by atoms with van der Waals surface area (Å²) in [7, 11) is 0. The minimum atomic E-state index is -1.14. The molecule has 3 rings (SSSR count). The lowest BCUT2D eigenvalue weighted by molar-refractivity contribution is -0.161. The molecule has 3 unspecified atom stereocenters. The van der Waals surface area contributed by atoms with Gasteiger partial charge < -0.3 is 15.3 Å². The Morgan fingerprint density at radius 2 is 1.88 bits per heavy atom. The average molecular weight is 403 g/mol. The highest BCUT2D eigenvalue weighted by molar-refractivity contribution is 8.02. The standard InChI is InChI=1S/C16H16Cl2N2O4S/c17-7-16(8-18)12(15(23)24)20-13(22)11(14(20)25-16)19-10(21)6-9-4-2-1-3-5-9/h1-5,11-12,14H,6-8H2,(H,19,21)(H,23,24). The van der Waals surface area contributed by atoms with Gasteiger partial charge in [-0.05, 0) is 5.56 Å². The van der Waals surface area contributed by atoms with Crippen molar-refractivity contribution in [1.29, 1.82) is 0 Å². The van der Waals surface area contributed by atoms with E-state index >= 15 is 0 Å². The summed E-state index contributed by atoms with van der Waals surface area (Å²) in [5, 5.41) is 11.7. The van der Waals surface area contributed by atoms with E-state index in [9.17, 15) is 19.5 Å². The third-order valence-electron chi connectivity index (χ3n) is 4.42. The normalized spacial score (nSPS) is 26.7. The maximum atomic E-state index is 12.4. The molecule has 25 heavy (non-hydrogen) atoms.